The first-order chi connectivity index (χ1) is 9.00. The maximum Gasteiger partial charge on any atom is 0.326 e. The molecule has 100 valence electrons. The number of carbonyl (C=O) groups is 3. The number of primary amides is 1. The summed E-state index contributed by atoms with van der Waals surface area (Å²) in [4.78, 5) is 35.5. The van der Waals surface area contributed by atoms with Gasteiger partial charge in [-0.3, -0.25) is 9.59 Å². The number of rotatable bonds is 3. The average molecular weight is 262 g/mol. The number of nitrogens with two attached hydrogens (primary N) is 1. The summed E-state index contributed by atoms with van der Waals surface area (Å²) in [6.45, 7) is 0.438. The van der Waals surface area contributed by atoms with Gasteiger partial charge < -0.3 is 15.7 Å². The lowest BCUT2D eigenvalue weighted by Gasteiger charge is -2.21. The highest BCUT2D eigenvalue weighted by Crippen LogP contribution is 2.20. The fourth-order valence-electron chi connectivity index (χ4n) is 2.21. The van der Waals surface area contributed by atoms with Crippen LogP contribution in [0.3, 0.4) is 0 Å². The Hall–Kier alpha value is -2.37. The molecule has 0 saturated carbocycles. The predicted molar refractivity (Wildman–Crippen MR) is 66.7 cm³/mol. The summed E-state index contributed by atoms with van der Waals surface area (Å²) in [5, 5.41) is 9.04. The Bertz CT molecular complexity index is 524. The Morgan fingerprint density at radius 3 is 2.26 bits per heavy atom. The molecule has 6 nitrogen and oxygen atoms in total. The maximum atomic E-state index is 12.2. The van der Waals surface area contributed by atoms with Crippen molar-refractivity contribution in [3.05, 3.63) is 35.4 Å². The van der Waals surface area contributed by atoms with Crippen molar-refractivity contribution in [3.8, 4) is 0 Å². The Balaban J connectivity index is 2.19. The van der Waals surface area contributed by atoms with Crippen molar-refractivity contribution in [1.82, 2.24) is 4.90 Å². The van der Waals surface area contributed by atoms with E-state index < -0.39 is 17.9 Å². The van der Waals surface area contributed by atoms with Crippen LogP contribution in [0.2, 0.25) is 0 Å². The quantitative estimate of drug-likeness (QED) is 0.827. The lowest BCUT2D eigenvalue weighted by atomic mass is 10.1. The first kappa shape index (κ1) is 13.1. The molecule has 1 fully saturated rings. The molecule has 1 aliphatic rings. The number of benzene rings is 1. The molecule has 0 radical (unpaired) electrons. The predicted octanol–water partition coefficient (Wildman–Crippen LogP) is 0.475. The molecule has 1 aromatic rings. The molecular weight excluding hydrogens is 248 g/mol. The number of nitrogens with zero attached hydrogens (tertiary/aromatic N) is 1. The second kappa shape index (κ2) is 5.09. The zero-order valence-corrected chi connectivity index (χ0v) is 10.2. The third-order valence-electron chi connectivity index (χ3n) is 3.22. The minimum atomic E-state index is -0.986. The smallest absolute Gasteiger partial charge is 0.326 e. The van der Waals surface area contributed by atoms with Gasteiger partial charge in [0.25, 0.3) is 5.91 Å². The van der Waals surface area contributed by atoms with Gasteiger partial charge in [0.15, 0.2) is 0 Å². The summed E-state index contributed by atoms with van der Waals surface area (Å²) in [5.74, 6) is -1.89. The molecule has 2 amide bonds. The normalized spacial score (nSPS) is 18.3. The summed E-state index contributed by atoms with van der Waals surface area (Å²) in [6.07, 6.45) is 1.16. The van der Waals surface area contributed by atoms with Crippen LogP contribution in [0.4, 0.5) is 0 Å². The summed E-state index contributed by atoms with van der Waals surface area (Å²) in [7, 11) is 0. The first-order valence-electron chi connectivity index (χ1n) is 5.94. The molecule has 19 heavy (non-hydrogen) atoms. The van der Waals surface area contributed by atoms with Crippen LogP contribution in [-0.4, -0.2) is 40.4 Å². The van der Waals surface area contributed by atoms with Crippen molar-refractivity contribution >= 4 is 17.8 Å². The van der Waals surface area contributed by atoms with E-state index in [1.807, 2.05) is 0 Å². The van der Waals surface area contributed by atoms with Gasteiger partial charge in [-0.15, -0.1) is 0 Å². The molecule has 0 aromatic heterocycles. The largest absolute Gasteiger partial charge is 0.480 e. The molecule has 1 aliphatic heterocycles. The topological polar surface area (TPSA) is 101 Å². The van der Waals surface area contributed by atoms with Crippen LogP contribution in [0.15, 0.2) is 24.3 Å². The molecule has 1 saturated heterocycles. The number of aliphatic carboxylic acids is 1. The molecular formula is C13H14N2O4. The molecule has 0 unspecified atom stereocenters. The summed E-state index contributed by atoms with van der Waals surface area (Å²) in [5.41, 5.74) is 5.78. The molecule has 2 rings (SSSR count). The van der Waals surface area contributed by atoms with Crippen molar-refractivity contribution in [1.29, 1.82) is 0 Å². The van der Waals surface area contributed by atoms with Crippen molar-refractivity contribution in [2.45, 2.75) is 18.9 Å². The molecule has 1 heterocycles. The van der Waals surface area contributed by atoms with E-state index in [1.165, 1.54) is 29.2 Å². The van der Waals surface area contributed by atoms with Gasteiger partial charge in [0.1, 0.15) is 6.04 Å². The number of carboxylic acid groups (broad SMARTS) is 1. The van der Waals surface area contributed by atoms with Crippen LogP contribution in [0.1, 0.15) is 33.6 Å². The highest BCUT2D eigenvalue weighted by Gasteiger charge is 2.34. The van der Waals surface area contributed by atoms with Gasteiger partial charge in [-0.05, 0) is 37.1 Å². The van der Waals surface area contributed by atoms with Crippen molar-refractivity contribution in [2.75, 3.05) is 6.54 Å². The van der Waals surface area contributed by atoms with Gasteiger partial charge >= 0.3 is 5.97 Å². The minimum Gasteiger partial charge on any atom is -0.480 e. The highest BCUT2D eigenvalue weighted by atomic mass is 16.4. The van der Waals surface area contributed by atoms with Crippen LogP contribution in [-0.2, 0) is 4.79 Å². The van der Waals surface area contributed by atoms with E-state index in [2.05, 4.69) is 0 Å². The van der Waals surface area contributed by atoms with Gasteiger partial charge in [0.2, 0.25) is 5.91 Å². The van der Waals surface area contributed by atoms with Crippen LogP contribution < -0.4 is 5.73 Å². The Kier molecular flexibility index (Phi) is 3.50. The zero-order valence-electron chi connectivity index (χ0n) is 10.2. The van der Waals surface area contributed by atoms with Crippen molar-refractivity contribution in [2.24, 2.45) is 5.73 Å². The molecule has 1 atom stereocenters. The lowest BCUT2D eigenvalue weighted by molar-refractivity contribution is -0.141. The van der Waals surface area contributed by atoms with Crippen molar-refractivity contribution < 1.29 is 19.5 Å². The zero-order chi connectivity index (χ0) is 14.0. The van der Waals surface area contributed by atoms with E-state index in [4.69, 9.17) is 10.8 Å². The van der Waals surface area contributed by atoms with Crippen LogP contribution >= 0.6 is 0 Å². The van der Waals surface area contributed by atoms with E-state index in [-0.39, 0.29) is 5.91 Å². The van der Waals surface area contributed by atoms with Gasteiger partial charge in [-0.2, -0.15) is 0 Å². The molecule has 0 bridgehead atoms. The number of carboxylic acids is 1. The number of carbonyl (C=O) groups excluding carboxylic acids is 2. The summed E-state index contributed by atoms with van der Waals surface area (Å²) < 4.78 is 0. The molecule has 6 heteroatoms. The lowest BCUT2D eigenvalue weighted by Crippen LogP contribution is -2.40. The molecule has 0 aliphatic carbocycles. The van der Waals surface area contributed by atoms with Gasteiger partial charge in [0.05, 0.1) is 0 Å². The maximum absolute atomic E-state index is 12.2. The van der Waals surface area contributed by atoms with E-state index in [0.29, 0.717) is 30.5 Å². The monoisotopic (exact) mass is 262 g/mol. The third-order valence-corrected chi connectivity index (χ3v) is 3.22. The number of likely N-dealkylation sites (tertiary alicyclic amines) is 1. The highest BCUT2D eigenvalue weighted by molar-refractivity contribution is 5.98. The number of hydrogen-bond donors (Lipinski definition) is 2. The SMILES string of the molecule is NC(=O)c1ccc(C(=O)N2CCC[C@H]2C(=O)O)cc1. The standard InChI is InChI=1S/C13H14N2O4/c14-11(16)8-3-5-9(6-4-8)12(17)15-7-1-2-10(15)13(18)19/h3-6,10H,1-2,7H2,(H2,14,16)(H,18,19)/t10-/m0/s1. The van der Waals surface area contributed by atoms with Crippen LogP contribution in [0.5, 0.6) is 0 Å². The van der Waals surface area contributed by atoms with E-state index in [1.54, 1.807) is 0 Å². The first-order valence-corrected chi connectivity index (χ1v) is 5.94. The third kappa shape index (κ3) is 2.57. The fourth-order valence-corrected chi connectivity index (χ4v) is 2.21. The molecule has 0 spiro atoms. The summed E-state index contributed by atoms with van der Waals surface area (Å²) >= 11 is 0. The van der Waals surface area contributed by atoms with Crippen LogP contribution in [0, 0.1) is 0 Å². The molecule has 1 aromatic carbocycles. The van der Waals surface area contributed by atoms with Gasteiger partial charge in [-0.25, -0.2) is 4.79 Å². The second-order valence-corrected chi connectivity index (χ2v) is 4.44. The fraction of sp³-hybridized carbons (Fsp3) is 0.308. The Morgan fingerprint density at radius 2 is 1.74 bits per heavy atom. The van der Waals surface area contributed by atoms with Gasteiger partial charge in [0, 0.05) is 17.7 Å². The van der Waals surface area contributed by atoms with Gasteiger partial charge in [-0.1, -0.05) is 0 Å². The average Bonchev–Trinajstić information content (AvgIpc) is 2.87. The number of hydrogen-bond acceptors (Lipinski definition) is 3. The second-order valence-electron chi connectivity index (χ2n) is 4.44. The molecule has 3 N–H and O–H groups in total. The van der Waals surface area contributed by atoms with E-state index in [0.717, 1.165) is 0 Å². The van der Waals surface area contributed by atoms with E-state index in [9.17, 15) is 14.4 Å². The number of amides is 2. The minimum absolute atomic E-state index is 0.313. The summed E-state index contributed by atoms with van der Waals surface area (Å²) in [6, 6.07) is 5.13. The van der Waals surface area contributed by atoms with E-state index >= 15 is 0 Å². The Labute approximate surface area is 109 Å². The Morgan fingerprint density at radius 1 is 1.16 bits per heavy atom. The van der Waals surface area contributed by atoms with Crippen molar-refractivity contribution in [3.63, 3.8) is 0 Å². The van der Waals surface area contributed by atoms with Crippen LogP contribution in [0.25, 0.3) is 0 Å².